The molecule has 0 bridgehead atoms. The van der Waals surface area contributed by atoms with Gasteiger partial charge in [-0.05, 0) is 39.0 Å². The Balaban J connectivity index is 1.82. The summed E-state index contributed by atoms with van der Waals surface area (Å²) >= 11 is 1.50. The zero-order chi connectivity index (χ0) is 17.1. The molecule has 24 heavy (non-hydrogen) atoms. The predicted octanol–water partition coefficient (Wildman–Crippen LogP) is 3.96. The van der Waals surface area contributed by atoms with Crippen LogP contribution in [-0.4, -0.2) is 20.4 Å². The summed E-state index contributed by atoms with van der Waals surface area (Å²) in [7, 11) is 0. The van der Waals surface area contributed by atoms with E-state index in [1.807, 2.05) is 30.5 Å². The molecule has 0 unspecified atom stereocenters. The topological polar surface area (TPSA) is 59.8 Å². The molecule has 1 atom stereocenters. The summed E-state index contributed by atoms with van der Waals surface area (Å²) < 4.78 is 2.17. The number of carbonyl (C=O) groups is 1. The average molecular weight is 340 g/mol. The quantitative estimate of drug-likeness (QED) is 0.715. The van der Waals surface area contributed by atoms with Crippen LogP contribution in [0.3, 0.4) is 0 Å². The van der Waals surface area contributed by atoms with Crippen molar-refractivity contribution in [1.82, 2.24) is 19.9 Å². The zero-order valence-electron chi connectivity index (χ0n) is 13.9. The second kappa shape index (κ2) is 6.97. The third-order valence-corrected chi connectivity index (χ3v) is 4.35. The first-order chi connectivity index (χ1) is 11.6. The van der Waals surface area contributed by atoms with Crippen LogP contribution in [0.4, 0.5) is 0 Å². The van der Waals surface area contributed by atoms with Crippen molar-refractivity contribution in [2.45, 2.75) is 32.9 Å². The molecule has 0 aliphatic heterocycles. The Labute approximate surface area is 145 Å². The minimum atomic E-state index is -0.188. The zero-order valence-corrected chi connectivity index (χ0v) is 14.7. The molecule has 0 aliphatic carbocycles. The third-order valence-electron chi connectivity index (χ3n) is 3.74. The molecule has 1 amide bonds. The van der Waals surface area contributed by atoms with Gasteiger partial charge in [-0.25, -0.2) is 9.97 Å². The van der Waals surface area contributed by atoms with E-state index >= 15 is 0 Å². The Morgan fingerprint density at radius 2 is 2.08 bits per heavy atom. The first-order valence-corrected chi connectivity index (χ1v) is 8.84. The van der Waals surface area contributed by atoms with Crippen LogP contribution < -0.4 is 5.32 Å². The first kappa shape index (κ1) is 16.4. The molecular weight excluding hydrogens is 320 g/mol. The molecule has 1 N–H and O–H groups in total. The highest BCUT2D eigenvalue weighted by Crippen LogP contribution is 2.24. The SMILES string of the molecule is CC(C)n1c([C@H](C)NC(=O)/C=C/c2cscn2)nc2ccccc21. The van der Waals surface area contributed by atoms with Crippen molar-refractivity contribution in [2.75, 3.05) is 0 Å². The smallest absolute Gasteiger partial charge is 0.244 e. The van der Waals surface area contributed by atoms with Crippen molar-refractivity contribution in [3.8, 4) is 0 Å². The van der Waals surface area contributed by atoms with Gasteiger partial charge < -0.3 is 9.88 Å². The van der Waals surface area contributed by atoms with Gasteiger partial charge in [0.15, 0.2) is 0 Å². The Hall–Kier alpha value is -2.47. The Morgan fingerprint density at radius 3 is 2.79 bits per heavy atom. The molecule has 3 aromatic rings. The molecule has 0 saturated carbocycles. The molecule has 0 saturated heterocycles. The Kier molecular flexibility index (Phi) is 4.76. The van der Waals surface area contributed by atoms with Crippen LogP contribution >= 0.6 is 11.3 Å². The lowest BCUT2D eigenvalue weighted by Gasteiger charge is -2.18. The number of nitrogens with one attached hydrogen (secondary N) is 1. The number of aromatic nitrogens is 3. The molecule has 2 aromatic heterocycles. The molecule has 124 valence electrons. The number of imidazole rings is 1. The van der Waals surface area contributed by atoms with Gasteiger partial charge in [-0.3, -0.25) is 4.79 Å². The number of carbonyl (C=O) groups excluding carboxylic acids is 1. The van der Waals surface area contributed by atoms with E-state index in [9.17, 15) is 4.79 Å². The third kappa shape index (κ3) is 3.38. The Bertz CT molecular complexity index is 864. The average Bonchev–Trinajstić information content (AvgIpc) is 3.20. The van der Waals surface area contributed by atoms with Gasteiger partial charge in [-0.2, -0.15) is 0 Å². The fourth-order valence-electron chi connectivity index (χ4n) is 2.70. The molecule has 1 aromatic carbocycles. The lowest BCUT2D eigenvalue weighted by atomic mass is 10.2. The molecule has 5 nitrogen and oxygen atoms in total. The van der Waals surface area contributed by atoms with Gasteiger partial charge in [0.1, 0.15) is 5.82 Å². The van der Waals surface area contributed by atoms with E-state index in [0.29, 0.717) is 0 Å². The number of fused-ring (bicyclic) bond motifs is 1. The van der Waals surface area contributed by atoms with Crippen LogP contribution in [0.15, 0.2) is 41.2 Å². The number of para-hydroxylation sites is 2. The first-order valence-electron chi connectivity index (χ1n) is 7.90. The van der Waals surface area contributed by atoms with Gasteiger partial charge in [-0.15, -0.1) is 11.3 Å². The van der Waals surface area contributed by atoms with Crippen LogP contribution in [0.25, 0.3) is 17.1 Å². The van der Waals surface area contributed by atoms with E-state index in [-0.39, 0.29) is 18.0 Å². The minimum Gasteiger partial charge on any atom is -0.343 e. The van der Waals surface area contributed by atoms with Crippen molar-refractivity contribution >= 4 is 34.4 Å². The molecule has 0 spiro atoms. The van der Waals surface area contributed by atoms with E-state index in [1.165, 1.54) is 17.4 Å². The van der Waals surface area contributed by atoms with Crippen molar-refractivity contribution in [3.05, 3.63) is 52.8 Å². The van der Waals surface area contributed by atoms with Crippen molar-refractivity contribution in [2.24, 2.45) is 0 Å². The van der Waals surface area contributed by atoms with Gasteiger partial charge in [0.25, 0.3) is 0 Å². The molecule has 0 aliphatic rings. The lowest BCUT2D eigenvalue weighted by molar-refractivity contribution is -0.117. The van der Waals surface area contributed by atoms with Crippen LogP contribution in [-0.2, 0) is 4.79 Å². The number of nitrogens with zero attached hydrogens (tertiary/aromatic N) is 3. The summed E-state index contributed by atoms with van der Waals surface area (Å²) in [5.41, 5.74) is 4.56. The van der Waals surface area contributed by atoms with Gasteiger partial charge >= 0.3 is 0 Å². The molecule has 6 heteroatoms. The number of amides is 1. The number of rotatable bonds is 5. The lowest BCUT2D eigenvalue weighted by Crippen LogP contribution is -2.27. The summed E-state index contributed by atoms with van der Waals surface area (Å²) in [6, 6.07) is 8.11. The van der Waals surface area contributed by atoms with E-state index in [0.717, 1.165) is 22.6 Å². The molecule has 0 radical (unpaired) electrons. The molecule has 2 heterocycles. The van der Waals surface area contributed by atoms with Crippen LogP contribution in [0.2, 0.25) is 0 Å². The van der Waals surface area contributed by atoms with Crippen molar-refractivity contribution < 1.29 is 4.79 Å². The standard InChI is InChI=1S/C18H20N4OS/c1-12(2)22-16-7-5-4-6-15(16)21-18(22)13(3)20-17(23)9-8-14-10-24-11-19-14/h4-13H,1-3H3,(H,20,23)/b9-8+/t13-/m0/s1. The molecule has 3 rings (SSSR count). The number of benzene rings is 1. The second-order valence-electron chi connectivity index (χ2n) is 5.90. The van der Waals surface area contributed by atoms with E-state index in [4.69, 9.17) is 4.98 Å². The van der Waals surface area contributed by atoms with Crippen LogP contribution in [0.1, 0.15) is 44.4 Å². The summed E-state index contributed by atoms with van der Waals surface area (Å²) in [4.78, 5) is 21.0. The van der Waals surface area contributed by atoms with Gasteiger partial charge in [0, 0.05) is 17.5 Å². The van der Waals surface area contributed by atoms with E-state index < -0.39 is 0 Å². The maximum atomic E-state index is 12.2. The van der Waals surface area contributed by atoms with Gasteiger partial charge in [0.2, 0.25) is 5.91 Å². The molecular formula is C18H20N4OS. The number of thiazole rings is 1. The minimum absolute atomic E-state index is 0.155. The maximum absolute atomic E-state index is 12.2. The highest BCUT2D eigenvalue weighted by atomic mass is 32.1. The van der Waals surface area contributed by atoms with Gasteiger partial charge in [-0.1, -0.05) is 12.1 Å². The number of hydrogen-bond donors (Lipinski definition) is 1. The Morgan fingerprint density at radius 1 is 1.29 bits per heavy atom. The second-order valence-corrected chi connectivity index (χ2v) is 6.62. The monoisotopic (exact) mass is 340 g/mol. The normalized spacial score (nSPS) is 13.0. The molecule has 0 fully saturated rings. The van der Waals surface area contributed by atoms with Crippen molar-refractivity contribution in [3.63, 3.8) is 0 Å². The van der Waals surface area contributed by atoms with Crippen molar-refractivity contribution in [1.29, 1.82) is 0 Å². The summed E-state index contributed by atoms with van der Waals surface area (Å²) in [5, 5.41) is 4.88. The maximum Gasteiger partial charge on any atom is 0.244 e. The fourth-order valence-corrected chi connectivity index (χ4v) is 3.22. The summed E-state index contributed by atoms with van der Waals surface area (Å²) in [6.45, 7) is 6.19. The number of hydrogen-bond acceptors (Lipinski definition) is 4. The van der Waals surface area contributed by atoms with Gasteiger partial charge in [0.05, 0.1) is 28.3 Å². The summed E-state index contributed by atoms with van der Waals surface area (Å²) in [5.74, 6) is 0.708. The highest BCUT2D eigenvalue weighted by Gasteiger charge is 2.19. The predicted molar refractivity (Wildman–Crippen MR) is 97.8 cm³/mol. The highest BCUT2D eigenvalue weighted by molar-refractivity contribution is 7.07. The van der Waals surface area contributed by atoms with E-state index in [1.54, 1.807) is 11.6 Å². The van der Waals surface area contributed by atoms with E-state index in [2.05, 4.69) is 34.8 Å². The fraction of sp³-hybridized carbons (Fsp3) is 0.278. The van der Waals surface area contributed by atoms with Crippen LogP contribution in [0, 0.1) is 0 Å². The largest absolute Gasteiger partial charge is 0.343 e. The summed E-state index contributed by atoms with van der Waals surface area (Å²) in [6.07, 6.45) is 3.22. The van der Waals surface area contributed by atoms with Crippen LogP contribution in [0.5, 0.6) is 0 Å².